The number of nitrogens with one attached hydrogen (secondary N) is 1. The normalized spacial score (nSPS) is 13.8. The minimum Gasteiger partial charge on any atom is -0.312 e. The molecule has 0 amide bonds. The Morgan fingerprint density at radius 3 is 2.86 bits per heavy atom. The van der Waals surface area contributed by atoms with Gasteiger partial charge >= 0.3 is 0 Å². The lowest BCUT2D eigenvalue weighted by atomic mass is 9.95. The lowest BCUT2D eigenvalue weighted by Gasteiger charge is -2.17. The number of Topliss-reactive ketones (excluding diaryl/α,β-unsaturated/α-hetero) is 1. The summed E-state index contributed by atoms with van der Waals surface area (Å²) in [6, 6.07) is 10.4. The Labute approximate surface area is 131 Å². The number of benzene rings is 2. The Morgan fingerprint density at radius 1 is 1.19 bits per heavy atom. The first-order valence-corrected chi connectivity index (χ1v) is 7.72. The lowest BCUT2D eigenvalue weighted by Crippen LogP contribution is -2.23. The van der Waals surface area contributed by atoms with E-state index in [-0.39, 0.29) is 18.0 Å². The largest absolute Gasteiger partial charge is 0.312 e. The molecule has 1 aliphatic rings. The van der Waals surface area contributed by atoms with Gasteiger partial charge in [-0.15, -0.1) is 0 Å². The Morgan fingerprint density at radius 2 is 2.05 bits per heavy atom. The molecule has 108 valence electrons. The van der Waals surface area contributed by atoms with Gasteiger partial charge in [0.05, 0.1) is 0 Å². The van der Waals surface area contributed by atoms with Gasteiger partial charge in [-0.1, -0.05) is 28.1 Å². The molecule has 0 saturated heterocycles. The molecular weight excluding hydrogens is 333 g/mol. The van der Waals surface area contributed by atoms with Crippen LogP contribution in [0.15, 0.2) is 40.9 Å². The summed E-state index contributed by atoms with van der Waals surface area (Å²) in [5, 5.41) is 3.30. The summed E-state index contributed by atoms with van der Waals surface area (Å²) in [6.07, 6.45) is 1.21. The third-order valence-corrected chi connectivity index (χ3v) is 4.16. The van der Waals surface area contributed by atoms with Crippen LogP contribution in [0.3, 0.4) is 0 Å². The van der Waals surface area contributed by atoms with Gasteiger partial charge in [0, 0.05) is 23.0 Å². The van der Waals surface area contributed by atoms with Gasteiger partial charge in [-0.3, -0.25) is 4.79 Å². The third kappa shape index (κ3) is 3.39. The van der Waals surface area contributed by atoms with E-state index in [1.54, 1.807) is 6.07 Å². The molecular formula is C17H15BrFNO. The minimum atomic E-state index is -0.332. The van der Waals surface area contributed by atoms with Crippen LogP contribution in [-0.4, -0.2) is 12.3 Å². The van der Waals surface area contributed by atoms with Gasteiger partial charge < -0.3 is 5.32 Å². The molecule has 1 heterocycles. The van der Waals surface area contributed by atoms with Gasteiger partial charge in [0.15, 0.2) is 5.78 Å². The molecule has 0 aliphatic carbocycles. The van der Waals surface area contributed by atoms with Gasteiger partial charge in [0.1, 0.15) is 5.82 Å². The monoisotopic (exact) mass is 347 g/mol. The molecule has 0 aromatic heterocycles. The van der Waals surface area contributed by atoms with Crippen LogP contribution in [0.25, 0.3) is 0 Å². The van der Waals surface area contributed by atoms with E-state index in [0.29, 0.717) is 15.6 Å². The van der Waals surface area contributed by atoms with Crippen molar-refractivity contribution in [3.63, 3.8) is 0 Å². The number of carbonyl (C=O) groups is 1. The number of fused-ring (bicyclic) bond motifs is 1. The first-order chi connectivity index (χ1) is 10.1. The van der Waals surface area contributed by atoms with E-state index in [4.69, 9.17) is 0 Å². The van der Waals surface area contributed by atoms with Crippen LogP contribution in [0.5, 0.6) is 0 Å². The molecule has 0 atom stereocenters. The van der Waals surface area contributed by atoms with Gasteiger partial charge in [0.2, 0.25) is 0 Å². The summed E-state index contributed by atoms with van der Waals surface area (Å²) in [5.74, 6) is -0.317. The summed E-state index contributed by atoms with van der Waals surface area (Å²) in [7, 11) is 0. The van der Waals surface area contributed by atoms with Crippen molar-refractivity contribution in [3.05, 3.63) is 68.9 Å². The van der Waals surface area contributed by atoms with Crippen molar-refractivity contribution >= 4 is 21.7 Å². The lowest BCUT2D eigenvalue weighted by molar-refractivity contribution is 0.0993. The molecule has 3 rings (SSSR count). The maximum Gasteiger partial charge on any atom is 0.167 e. The highest BCUT2D eigenvalue weighted by Gasteiger charge is 2.13. The van der Waals surface area contributed by atoms with Gasteiger partial charge in [-0.05, 0) is 53.9 Å². The standard InChI is InChI=1S/C17H15BrFNO/c18-15-5-11(6-16(19)9-15)7-17(21)13-2-1-12-3-4-20-10-14(12)8-13/h1-2,5-6,8-9,20H,3-4,7,10H2. The summed E-state index contributed by atoms with van der Waals surface area (Å²) in [6.45, 7) is 1.79. The summed E-state index contributed by atoms with van der Waals surface area (Å²) in [5.41, 5.74) is 3.87. The molecule has 0 saturated carbocycles. The summed E-state index contributed by atoms with van der Waals surface area (Å²) in [4.78, 5) is 12.4. The van der Waals surface area contributed by atoms with E-state index in [2.05, 4.69) is 21.2 Å². The van der Waals surface area contributed by atoms with Crippen LogP contribution in [0, 0.1) is 5.82 Å². The number of hydrogen-bond donors (Lipinski definition) is 1. The molecule has 2 aromatic rings. The van der Waals surface area contributed by atoms with Crippen LogP contribution >= 0.6 is 15.9 Å². The third-order valence-electron chi connectivity index (χ3n) is 3.70. The van der Waals surface area contributed by atoms with Crippen LogP contribution in [0.4, 0.5) is 4.39 Å². The number of rotatable bonds is 3. The fraction of sp³-hybridized carbons (Fsp3) is 0.235. The second-order valence-electron chi connectivity index (χ2n) is 5.29. The van der Waals surface area contributed by atoms with Crippen LogP contribution in [0.2, 0.25) is 0 Å². The zero-order valence-electron chi connectivity index (χ0n) is 11.5. The maximum atomic E-state index is 13.4. The second-order valence-corrected chi connectivity index (χ2v) is 6.20. The molecule has 2 nitrogen and oxygen atoms in total. The predicted octanol–water partition coefficient (Wildman–Crippen LogP) is 3.66. The minimum absolute atomic E-state index is 0.0147. The van der Waals surface area contributed by atoms with Crippen molar-refractivity contribution < 1.29 is 9.18 Å². The van der Waals surface area contributed by atoms with Gasteiger partial charge in [-0.2, -0.15) is 0 Å². The summed E-state index contributed by atoms with van der Waals surface area (Å²) < 4.78 is 14.0. The highest BCUT2D eigenvalue weighted by Crippen LogP contribution is 2.19. The smallest absolute Gasteiger partial charge is 0.167 e. The quantitative estimate of drug-likeness (QED) is 0.858. The Kier molecular flexibility index (Phi) is 4.17. The molecule has 0 bridgehead atoms. The maximum absolute atomic E-state index is 13.4. The van der Waals surface area contributed by atoms with Crippen LogP contribution in [-0.2, 0) is 19.4 Å². The number of ketones is 1. The van der Waals surface area contributed by atoms with E-state index < -0.39 is 0 Å². The number of hydrogen-bond acceptors (Lipinski definition) is 2. The molecule has 0 spiro atoms. The topological polar surface area (TPSA) is 29.1 Å². The van der Waals surface area contributed by atoms with Gasteiger partial charge in [-0.25, -0.2) is 4.39 Å². The first kappa shape index (κ1) is 14.4. The van der Waals surface area contributed by atoms with E-state index in [1.165, 1.54) is 23.3 Å². The molecule has 1 N–H and O–H groups in total. The molecule has 0 fully saturated rings. The Hall–Kier alpha value is -1.52. The SMILES string of the molecule is O=C(Cc1cc(F)cc(Br)c1)c1ccc2c(c1)CNCC2. The Balaban J connectivity index is 1.82. The number of halogens is 2. The van der Waals surface area contributed by atoms with Gasteiger partial charge in [0.25, 0.3) is 0 Å². The highest BCUT2D eigenvalue weighted by molar-refractivity contribution is 9.10. The van der Waals surface area contributed by atoms with Crippen molar-refractivity contribution in [2.45, 2.75) is 19.4 Å². The van der Waals surface area contributed by atoms with Crippen molar-refractivity contribution in [2.75, 3.05) is 6.54 Å². The average Bonchev–Trinajstić information content (AvgIpc) is 2.45. The fourth-order valence-electron chi connectivity index (χ4n) is 2.65. The molecule has 0 unspecified atom stereocenters. The average molecular weight is 348 g/mol. The van der Waals surface area contributed by atoms with Crippen molar-refractivity contribution in [2.24, 2.45) is 0 Å². The molecule has 0 radical (unpaired) electrons. The van der Waals surface area contributed by atoms with E-state index in [0.717, 1.165) is 19.5 Å². The van der Waals surface area contributed by atoms with E-state index in [9.17, 15) is 9.18 Å². The van der Waals surface area contributed by atoms with Crippen LogP contribution < -0.4 is 5.32 Å². The molecule has 4 heteroatoms. The zero-order chi connectivity index (χ0) is 14.8. The number of carbonyl (C=O) groups excluding carboxylic acids is 1. The zero-order valence-corrected chi connectivity index (χ0v) is 13.0. The van der Waals surface area contributed by atoms with E-state index in [1.807, 2.05) is 18.2 Å². The Bertz CT molecular complexity index is 679. The van der Waals surface area contributed by atoms with Crippen molar-refractivity contribution in [3.8, 4) is 0 Å². The molecule has 2 aromatic carbocycles. The molecule has 21 heavy (non-hydrogen) atoms. The second kappa shape index (κ2) is 6.08. The first-order valence-electron chi connectivity index (χ1n) is 6.92. The fourth-order valence-corrected chi connectivity index (χ4v) is 3.17. The van der Waals surface area contributed by atoms with E-state index >= 15 is 0 Å². The highest BCUT2D eigenvalue weighted by atomic mass is 79.9. The summed E-state index contributed by atoms with van der Waals surface area (Å²) >= 11 is 3.25. The van der Waals surface area contributed by atoms with Crippen molar-refractivity contribution in [1.29, 1.82) is 0 Å². The molecule has 1 aliphatic heterocycles. The predicted molar refractivity (Wildman–Crippen MR) is 84.0 cm³/mol. The van der Waals surface area contributed by atoms with Crippen molar-refractivity contribution in [1.82, 2.24) is 5.32 Å². The van der Waals surface area contributed by atoms with Crippen LogP contribution in [0.1, 0.15) is 27.0 Å².